The summed E-state index contributed by atoms with van der Waals surface area (Å²) in [5.74, 6) is 1.00. The van der Waals surface area contributed by atoms with E-state index in [1.807, 2.05) is 38.5 Å². The fraction of sp³-hybridized carbons (Fsp3) is 0.444. The SMILES string of the molecule is CCOCc1nc2ccccc2c2c1ncn2CCCCCCCCCCn1c(COCC)nc2cnc3ccccc3c21. The Kier molecular flexibility index (Phi) is 10.1. The first-order valence-corrected chi connectivity index (χ1v) is 16.4. The zero-order valence-electron chi connectivity index (χ0n) is 26.2. The first-order chi connectivity index (χ1) is 21.8. The number of hydrogen-bond acceptors (Lipinski definition) is 6. The van der Waals surface area contributed by atoms with Crippen LogP contribution in [0.5, 0.6) is 0 Å². The fourth-order valence-corrected chi connectivity index (χ4v) is 6.28. The number of imidazole rings is 2. The summed E-state index contributed by atoms with van der Waals surface area (Å²) in [6, 6.07) is 16.7. The summed E-state index contributed by atoms with van der Waals surface area (Å²) in [7, 11) is 0. The van der Waals surface area contributed by atoms with Crippen LogP contribution in [0.15, 0.2) is 61.1 Å². The lowest BCUT2D eigenvalue weighted by Gasteiger charge is -2.11. The topological polar surface area (TPSA) is 79.9 Å². The number of aryl methyl sites for hydroxylation is 2. The summed E-state index contributed by atoms with van der Waals surface area (Å²) in [6.07, 6.45) is 13.8. The second-order valence-corrected chi connectivity index (χ2v) is 11.5. The van der Waals surface area contributed by atoms with Crippen molar-refractivity contribution in [2.45, 2.75) is 91.5 Å². The van der Waals surface area contributed by atoms with E-state index >= 15 is 0 Å². The van der Waals surface area contributed by atoms with Gasteiger partial charge in [0.2, 0.25) is 0 Å². The lowest BCUT2D eigenvalue weighted by molar-refractivity contribution is 0.126. The number of ether oxygens (including phenoxy) is 2. The Bertz CT molecular complexity index is 1820. The summed E-state index contributed by atoms with van der Waals surface area (Å²) in [4.78, 5) is 19.1. The van der Waals surface area contributed by atoms with Gasteiger partial charge in [0, 0.05) is 37.1 Å². The molecule has 0 aliphatic heterocycles. The first kappa shape index (κ1) is 30.2. The second kappa shape index (κ2) is 14.7. The van der Waals surface area contributed by atoms with Crippen molar-refractivity contribution in [1.82, 2.24) is 29.1 Å². The maximum absolute atomic E-state index is 5.76. The minimum atomic E-state index is 0.497. The molecule has 6 aromatic rings. The van der Waals surface area contributed by atoms with E-state index in [0.717, 1.165) is 59.5 Å². The van der Waals surface area contributed by atoms with Crippen molar-refractivity contribution < 1.29 is 9.47 Å². The van der Waals surface area contributed by atoms with Gasteiger partial charge in [0.05, 0.1) is 46.9 Å². The summed E-state index contributed by atoms with van der Waals surface area (Å²) in [5, 5.41) is 2.33. The number of rotatable bonds is 17. The van der Waals surface area contributed by atoms with Crippen molar-refractivity contribution in [3.63, 3.8) is 0 Å². The van der Waals surface area contributed by atoms with Gasteiger partial charge in [0.25, 0.3) is 0 Å². The van der Waals surface area contributed by atoms with Gasteiger partial charge in [0.1, 0.15) is 23.5 Å². The number of unbranched alkanes of at least 4 members (excludes halogenated alkanes) is 7. The van der Waals surface area contributed by atoms with Gasteiger partial charge in [-0.3, -0.25) is 4.98 Å². The molecule has 230 valence electrons. The normalized spacial score (nSPS) is 12.0. The predicted molar refractivity (Wildman–Crippen MR) is 178 cm³/mol. The van der Waals surface area contributed by atoms with Crippen LogP contribution in [0.3, 0.4) is 0 Å². The maximum atomic E-state index is 5.76. The molecule has 4 aromatic heterocycles. The van der Waals surface area contributed by atoms with E-state index < -0.39 is 0 Å². The second-order valence-electron chi connectivity index (χ2n) is 11.5. The van der Waals surface area contributed by atoms with E-state index in [-0.39, 0.29) is 0 Å². The Hall–Kier alpha value is -3.88. The molecular formula is C36H44N6O2. The van der Waals surface area contributed by atoms with Gasteiger partial charge in [-0.1, -0.05) is 74.9 Å². The molecular weight excluding hydrogens is 548 g/mol. The van der Waals surface area contributed by atoms with Crippen LogP contribution in [0, 0.1) is 0 Å². The van der Waals surface area contributed by atoms with Crippen molar-refractivity contribution in [3.8, 4) is 0 Å². The average Bonchev–Trinajstić information content (AvgIpc) is 3.65. The quantitative estimate of drug-likeness (QED) is 0.0990. The number of hydrogen-bond donors (Lipinski definition) is 0. The fourth-order valence-electron chi connectivity index (χ4n) is 6.28. The molecule has 0 N–H and O–H groups in total. The zero-order chi connectivity index (χ0) is 30.1. The number of fused-ring (bicyclic) bond motifs is 6. The monoisotopic (exact) mass is 592 g/mol. The Labute approximate surface area is 259 Å². The molecule has 0 aliphatic carbocycles. The van der Waals surface area contributed by atoms with Gasteiger partial charge in [-0.2, -0.15) is 0 Å². The number of aromatic nitrogens is 6. The molecule has 0 saturated carbocycles. The standard InChI is InChI=1S/C36H44N6O2/c1-3-43-24-32-34-36(28-18-12-14-20-30(28)39-32)41(26-38-34)21-15-9-7-5-6-8-10-16-22-42-33(25-44-4-2)40-31-23-37-29-19-13-11-17-27(29)35(31)42/h11-14,17-20,23,26H,3-10,15-16,21-22,24-25H2,1-2H3. The van der Waals surface area contributed by atoms with Gasteiger partial charge in [-0.05, 0) is 38.8 Å². The van der Waals surface area contributed by atoms with Crippen LogP contribution < -0.4 is 0 Å². The summed E-state index contributed by atoms with van der Waals surface area (Å²) in [6.45, 7) is 8.37. The van der Waals surface area contributed by atoms with Gasteiger partial charge in [-0.15, -0.1) is 0 Å². The largest absolute Gasteiger partial charge is 0.375 e. The van der Waals surface area contributed by atoms with Crippen molar-refractivity contribution in [3.05, 3.63) is 72.6 Å². The van der Waals surface area contributed by atoms with E-state index in [0.29, 0.717) is 26.4 Å². The van der Waals surface area contributed by atoms with Gasteiger partial charge >= 0.3 is 0 Å². The molecule has 44 heavy (non-hydrogen) atoms. The van der Waals surface area contributed by atoms with Gasteiger partial charge in [-0.25, -0.2) is 15.0 Å². The van der Waals surface area contributed by atoms with Crippen molar-refractivity contribution in [1.29, 1.82) is 0 Å². The third-order valence-electron chi connectivity index (χ3n) is 8.49. The zero-order valence-corrected chi connectivity index (χ0v) is 26.2. The Balaban J connectivity index is 0.971. The third kappa shape index (κ3) is 6.61. The molecule has 4 heterocycles. The number of benzene rings is 2. The molecule has 8 heteroatoms. The lowest BCUT2D eigenvalue weighted by atomic mass is 10.1. The van der Waals surface area contributed by atoms with Crippen LogP contribution in [0.1, 0.15) is 76.7 Å². The maximum Gasteiger partial charge on any atom is 0.136 e. The van der Waals surface area contributed by atoms with Crippen LogP contribution in [0.2, 0.25) is 0 Å². The Morgan fingerprint density at radius 2 is 1.25 bits per heavy atom. The van der Waals surface area contributed by atoms with E-state index in [4.69, 9.17) is 24.4 Å². The molecule has 0 atom stereocenters. The highest BCUT2D eigenvalue weighted by molar-refractivity contribution is 6.03. The van der Waals surface area contributed by atoms with Gasteiger partial charge in [0.15, 0.2) is 0 Å². The highest BCUT2D eigenvalue weighted by Gasteiger charge is 2.15. The van der Waals surface area contributed by atoms with E-state index in [1.54, 1.807) is 0 Å². The molecule has 0 spiro atoms. The number of nitrogens with zero attached hydrogens (tertiary/aromatic N) is 6. The molecule has 0 radical (unpaired) electrons. The molecule has 0 amide bonds. The highest BCUT2D eigenvalue weighted by Crippen LogP contribution is 2.28. The molecule has 0 bridgehead atoms. The summed E-state index contributed by atoms with van der Waals surface area (Å²) < 4.78 is 16.1. The first-order valence-electron chi connectivity index (χ1n) is 16.4. The molecule has 0 saturated heterocycles. The molecule has 6 rings (SSSR count). The van der Waals surface area contributed by atoms with Crippen molar-refractivity contribution >= 4 is 43.9 Å². The molecule has 8 nitrogen and oxygen atoms in total. The molecule has 0 aliphatic rings. The minimum absolute atomic E-state index is 0.497. The van der Waals surface area contributed by atoms with E-state index in [9.17, 15) is 0 Å². The average molecular weight is 593 g/mol. The van der Waals surface area contributed by atoms with Crippen LogP contribution in [0.4, 0.5) is 0 Å². The van der Waals surface area contributed by atoms with Crippen LogP contribution >= 0.6 is 0 Å². The summed E-state index contributed by atoms with van der Waals surface area (Å²) in [5.41, 5.74) is 7.25. The van der Waals surface area contributed by atoms with Crippen molar-refractivity contribution in [2.75, 3.05) is 13.2 Å². The highest BCUT2D eigenvalue weighted by atomic mass is 16.5. The van der Waals surface area contributed by atoms with E-state index in [2.05, 4.69) is 50.5 Å². The van der Waals surface area contributed by atoms with Crippen LogP contribution in [-0.4, -0.2) is 42.3 Å². The van der Waals surface area contributed by atoms with Gasteiger partial charge < -0.3 is 18.6 Å². The molecule has 0 fully saturated rings. The Morgan fingerprint density at radius 1 is 0.614 bits per heavy atom. The van der Waals surface area contributed by atoms with Crippen LogP contribution in [-0.2, 0) is 35.8 Å². The minimum Gasteiger partial charge on any atom is -0.375 e. The Morgan fingerprint density at radius 3 is 2.00 bits per heavy atom. The molecule has 2 aromatic carbocycles. The number of pyridine rings is 2. The lowest BCUT2D eigenvalue weighted by Crippen LogP contribution is -2.06. The third-order valence-corrected chi connectivity index (χ3v) is 8.49. The smallest absolute Gasteiger partial charge is 0.136 e. The van der Waals surface area contributed by atoms with Crippen molar-refractivity contribution in [2.24, 2.45) is 0 Å². The summed E-state index contributed by atoms with van der Waals surface area (Å²) >= 11 is 0. The predicted octanol–water partition coefficient (Wildman–Crippen LogP) is 8.38. The van der Waals surface area contributed by atoms with E-state index in [1.165, 1.54) is 60.3 Å². The number of para-hydroxylation sites is 2. The molecule has 0 unspecified atom stereocenters. The van der Waals surface area contributed by atoms with Crippen LogP contribution in [0.25, 0.3) is 43.9 Å².